The number of rotatable bonds is 5. The monoisotopic (exact) mass is 303 g/mol. The summed E-state index contributed by atoms with van der Waals surface area (Å²) in [5.41, 5.74) is 0.368. The van der Waals surface area contributed by atoms with Crippen LogP contribution in [0.2, 0.25) is 0 Å². The van der Waals surface area contributed by atoms with Gasteiger partial charge in [-0.05, 0) is 36.8 Å². The fourth-order valence-corrected chi connectivity index (χ4v) is 2.88. The molecule has 0 spiro atoms. The third kappa shape index (κ3) is 3.32. The van der Waals surface area contributed by atoms with Gasteiger partial charge in [0.1, 0.15) is 5.75 Å². The summed E-state index contributed by atoms with van der Waals surface area (Å²) in [6.07, 6.45) is 3.00. The summed E-state index contributed by atoms with van der Waals surface area (Å²) in [7, 11) is 1.79. The highest BCUT2D eigenvalue weighted by molar-refractivity contribution is 7.98. The Morgan fingerprint density at radius 3 is 2.71 bits per heavy atom. The van der Waals surface area contributed by atoms with Crippen molar-refractivity contribution in [2.45, 2.75) is 19.4 Å². The molecule has 3 nitrogen and oxygen atoms in total. The van der Waals surface area contributed by atoms with Crippen molar-refractivity contribution in [3.8, 4) is 5.75 Å². The third-order valence-corrected chi connectivity index (χ3v) is 4.50. The van der Waals surface area contributed by atoms with E-state index in [2.05, 4.69) is 6.26 Å². The lowest BCUT2D eigenvalue weighted by atomic mass is 10.0. The molecule has 0 saturated heterocycles. The first-order valence-electron chi connectivity index (χ1n) is 7.03. The first kappa shape index (κ1) is 15.7. The Labute approximate surface area is 130 Å². The van der Waals surface area contributed by atoms with E-state index in [1.54, 1.807) is 29.8 Å². The van der Waals surface area contributed by atoms with Gasteiger partial charge in [-0.15, -0.1) is 0 Å². The number of hydrogen-bond acceptors (Lipinski definition) is 3. The van der Waals surface area contributed by atoms with Crippen LogP contribution in [0.25, 0.3) is 10.8 Å². The minimum atomic E-state index is -0.133. The lowest BCUT2D eigenvalue weighted by molar-refractivity contribution is 0.0738. The van der Waals surface area contributed by atoms with Gasteiger partial charge in [0.25, 0.3) is 5.91 Å². The Kier molecular flexibility index (Phi) is 5.12. The maximum absolute atomic E-state index is 12.6. The molecule has 1 atom stereocenters. The summed E-state index contributed by atoms with van der Waals surface area (Å²) in [6, 6.07) is 11.3. The predicted molar refractivity (Wildman–Crippen MR) is 90.2 cm³/mol. The number of benzene rings is 2. The van der Waals surface area contributed by atoms with E-state index < -0.39 is 0 Å². The second-order valence-corrected chi connectivity index (χ2v) is 6.22. The average Bonchev–Trinajstić information content (AvgIpc) is 2.51. The van der Waals surface area contributed by atoms with Crippen LogP contribution in [0.4, 0.5) is 0 Å². The fraction of sp³-hybridized carbons (Fsp3) is 0.353. The van der Waals surface area contributed by atoms with Gasteiger partial charge in [0.15, 0.2) is 0 Å². The number of amides is 1. The highest BCUT2D eigenvalue weighted by Crippen LogP contribution is 2.29. The lowest BCUT2D eigenvalue weighted by Gasteiger charge is -2.25. The van der Waals surface area contributed by atoms with Crippen molar-refractivity contribution in [3.05, 3.63) is 42.0 Å². The molecule has 0 heterocycles. The van der Waals surface area contributed by atoms with Crippen molar-refractivity contribution in [1.82, 2.24) is 4.90 Å². The number of thioether (sulfide) groups is 1. The molecule has 0 aliphatic heterocycles. The van der Waals surface area contributed by atoms with Crippen molar-refractivity contribution in [2.75, 3.05) is 19.1 Å². The second-order valence-electron chi connectivity index (χ2n) is 5.23. The molecule has 0 aliphatic carbocycles. The molecule has 1 amide bonds. The molecule has 1 unspecified atom stereocenters. The summed E-state index contributed by atoms with van der Waals surface area (Å²) >= 11 is 1.77. The van der Waals surface area contributed by atoms with Crippen molar-refractivity contribution < 1.29 is 9.90 Å². The average molecular weight is 303 g/mol. The number of hydrogen-bond donors (Lipinski definition) is 1. The minimum Gasteiger partial charge on any atom is -0.506 e. The Balaban J connectivity index is 2.29. The summed E-state index contributed by atoms with van der Waals surface area (Å²) in [5, 5.41) is 12.0. The van der Waals surface area contributed by atoms with Crippen LogP contribution >= 0.6 is 11.8 Å². The third-order valence-electron chi connectivity index (χ3n) is 3.85. The second kappa shape index (κ2) is 6.85. The van der Waals surface area contributed by atoms with E-state index in [-0.39, 0.29) is 17.7 Å². The van der Waals surface area contributed by atoms with E-state index in [9.17, 15) is 9.90 Å². The van der Waals surface area contributed by atoms with E-state index in [1.165, 1.54) is 0 Å². The molecule has 0 radical (unpaired) electrons. The number of nitrogens with zero attached hydrogens (tertiary/aromatic N) is 1. The molecule has 0 aliphatic rings. The van der Waals surface area contributed by atoms with E-state index in [0.717, 1.165) is 17.6 Å². The maximum Gasteiger partial charge on any atom is 0.257 e. The van der Waals surface area contributed by atoms with Gasteiger partial charge < -0.3 is 10.0 Å². The summed E-state index contributed by atoms with van der Waals surface area (Å²) in [4.78, 5) is 14.3. The Morgan fingerprint density at radius 1 is 1.29 bits per heavy atom. The molecule has 0 fully saturated rings. The van der Waals surface area contributed by atoms with Crippen LogP contribution in [0, 0.1) is 0 Å². The van der Waals surface area contributed by atoms with Crippen molar-refractivity contribution >= 4 is 28.4 Å². The largest absolute Gasteiger partial charge is 0.506 e. The highest BCUT2D eigenvalue weighted by Gasteiger charge is 2.21. The molecule has 0 saturated carbocycles. The van der Waals surface area contributed by atoms with Gasteiger partial charge in [-0.2, -0.15) is 11.8 Å². The van der Waals surface area contributed by atoms with Gasteiger partial charge in [0, 0.05) is 18.5 Å². The van der Waals surface area contributed by atoms with E-state index in [1.807, 2.05) is 37.3 Å². The van der Waals surface area contributed by atoms with Gasteiger partial charge >= 0.3 is 0 Å². The normalized spacial score (nSPS) is 12.3. The molecular weight excluding hydrogens is 282 g/mol. The molecular formula is C17H21NO2S. The van der Waals surface area contributed by atoms with Crippen LogP contribution in [-0.2, 0) is 0 Å². The maximum atomic E-state index is 12.6. The standard InChI is InChI=1S/C17H21NO2S/c1-12(10-11-21-3)18(2)17(20)15-9-8-13-6-4-5-7-14(13)16(15)19/h4-9,12,19H,10-11H2,1-3H3. The molecule has 1 N–H and O–H groups in total. The van der Waals surface area contributed by atoms with Gasteiger partial charge in [-0.1, -0.05) is 30.3 Å². The molecule has 2 rings (SSSR count). The molecule has 2 aromatic rings. The molecule has 112 valence electrons. The van der Waals surface area contributed by atoms with Crippen molar-refractivity contribution in [2.24, 2.45) is 0 Å². The Morgan fingerprint density at radius 2 is 2.00 bits per heavy atom. The fourth-order valence-electron chi connectivity index (χ4n) is 2.30. The van der Waals surface area contributed by atoms with Gasteiger partial charge in [-0.3, -0.25) is 4.79 Å². The zero-order valence-corrected chi connectivity index (χ0v) is 13.5. The number of aromatic hydroxyl groups is 1. The van der Waals surface area contributed by atoms with Crippen molar-refractivity contribution in [1.29, 1.82) is 0 Å². The Bertz CT molecular complexity index is 642. The SMILES string of the molecule is CSCCC(C)N(C)C(=O)c1ccc2ccccc2c1O. The number of phenolic OH excluding ortho intramolecular Hbond substituents is 1. The Hall–Kier alpha value is -1.68. The quantitative estimate of drug-likeness (QED) is 0.914. The molecule has 0 aromatic heterocycles. The number of fused-ring (bicyclic) bond motifs is 1. The van der Waals surface area contributed by atoms with Gasteiger partial charge in [-0.25, -0.2) is 0 Å². The molecule has 21 heavy (non-hydrogen) atoms. The van der Waals surface area contributed by atoms with Crippen molar-refractivity contribution in [3.63, 3.8) is 0 Å². The summed E-state index contributed by atoms with van der Waals surface area (Å²) < 4.78 is 0. The molecule has 4 heteroatoms. The van der Waals surface area contributed by atoms with Crippen LogP contribution in [0.3, 0.4) is 0 Å². The van der Waals surface area contributed by atoms with E-state index >= 15 is 0 Å². The topological polar surface area (TPSA) is 40.5 Å². The molecule has 0 bridgehead atoms. The number of carbonyl (C=O) groups is 1. The minimum absolute atomic E-state index is 0.0713. The van der Waals surface area contributed by atoms with Crippen LogP contribution < -0.4 is 0 Å². The highest BCUT2D eigenvalue weighted by atomic mass is 32.2. The summed E-state index contributed by atoms with van der Waals surface area (Å²) in [5.74, 6) is 0.955. The predicted octanol–water partition coefficient (Wildman–Crippen LogP) is 3.76. The number of carbonyl (C=O) groups excluding carboxylic acids is 1. The zero-order valence-electron chi connectivity index (χ0n) is 12.7. The smallest absolute Gasteiger partial charge is 0.257 e. The lowest BCUT2D eigenvalue weighted by Crippen LogP contribution is -2.35. The summed E-state index contributed by atoms with van der Waals surface area (Å²) in [6.45, 7) is 2.03. The van der Waals surface area contributed by atoms with Crippen LogP contribution in [0.1, 0.15) is 23.7 Å². The first-order valence-corrected chi connectivity index (χ1v) is 8.42. The molecule has 2 aromatic carbocycles. The first-order chi connectivity index (χ1) is 10.1. The van der Waals surface area contributed by atoms with E-state index in [4.69, 9.17) is 0 Å². The van der Waals surface area contributed by atoms with E-state index in [0.29, 0.717) is 10.9 Å². The van der Waals surface area contributed by atoms with Gasteiger partial charge in [0.2, 0.25) is 0 Å². The van der Waals surface area contributed by atoms with Gasteiger partial charge in [0.05, 0.1) is 5.56 Å². The van der Waals surface area contributed by atoms with Crippen LogP contribution in [-0.4, -0.2) is 41.0 Å². The zero-order chi connectivity index (χ0) is 15.4. The van der Waals surface area contributed by atoms with Crippen LogP contribution in [0.15, 0.2) is 36.4 Å². The van der Waals surface area contributed by atoms with Crippen LogP contribution in [0.5, 0.6) is 5.75 Å². The number of phenols is 1.